The van der Waals surface area contributed by atoms with Crippen LogP contribution in [-0.4, -0.2) is 12.0 Å². The lowest BCUT2D eigenvalue weighted by atomic mass is 10.2. The number of rotatable bonds is 5. The first-order valence-corrected chi connectivity index (χ1v) is 7.08. The van der Waals surface area contributed by atoms with E-state index in [4.69, 9.17) is 21.1 Å². The maximum absolute atomic E-state index is 11.0. The number of hydrogen-bond donors (Lipinski definition) is 0. The Morgan fingerprint density at radius 3 is 2.76 bits per heavy atom. The van der Waals surface area contributed by atoms with E-state index in [1.807, 2.05) is 6.07 Å². The Bertz CT molecular complexity index is 678. The average molecular weight is 373 g/mol. The summed E-state index contributed by atoms with van der Waals surface area (Å²) in [5, 5.41) is 11.2. The molecular weight excluding hydrogens is 362 g/mol. The maximum Gasteiger partial charge on any atom is 0.312 e. The lowest BCUT2D eigenvalue weighted by Gasteiger charge is -2.11. The smallest absolute Gasteiger partial charge is 0.312 e. The van der Waals surface area contributed by atoms with E-state index in [2.05, 4.69) is 15.9 Å². The summed E-state index contributed by atoms with van der Waals surface area (Å²) < 4.78 is 11.5. The van der Waals surface area contributed by atoms with E-state index in [1.54, 1.807) is 25.3 Å². The third-order valence-corrected chi connectivity index (χ3v) is 3.84. The standard InChI is InChI=1S/C14H11BrClNO4/c1-20-10-5-6-11(15)9(7-10)8-21-14-12(16)3-2-4-13(14)17(18)19/h2-7H,8H2,1H3. The lowest BCUT2D eigenvalue weighted by Crippen LogP contribution is -2.01. The average Bonchev–Trinajstić information content (AvgIpc) is 2.47. The number of methoxy groups -OCH3 is 1. The Kier molecular flexibility index (Phi) is 5.03. The van der Waals surface area contributed by atoms with E-state index in [0.29, 0.717) is 5.75 Å². The van der Waals surface area contributed by atoms with Crippen LogP contribution in [0.1, 0.15) is 5.56 Å². The van der Waals surface area contributed by atoms with Crippen molar-refractivity contribution in [2.24, 2.45) is 0 Å². The van der Waals surface area contributed by atoms with E-state index in [1.165, 1.54) is 12.1 Å². The van der Waals surface area contributed by atoms with Gasteiger partial charge in [0.05, 0.1) is 17.1 Å². The number of nitrogens with zero attached hydrogens (tertiary/aromatic N) is 1. The highest BCUT2D eigenvalue weighted by atomic mass is 79.9. The largest absolute Gasteiger partial charge is 0.497 e. The van der Waals surface area contributed by atoms with E-state index < -0.39 is 4.92 Å². The third-order valence-electron chi connectivity index (χ3n) is 2.77. The molecule has 21 heavy (non-hydrogen) atoms. The fourth-order valence-electron chi connectivity index (χ4n) is 1.72. The van der Waals surface area contributed by atoms with Crippen LogP contribution in [-0.2, 0) is 6.61 Å². The van der Waals surface area contributed by atoms with Gasteiger partial charge in [-0.15, -0.1) is 0 Å². The Morgan fingerprint density at radius 2 is 2.10 bits per heavy atom. The number of nitro benzene ring substituents is 1. The van der Waals surface area contributed by atoms with Gasteiger partial charge < -0.3 is 9.47 Å². The molecule has 2 aromatic carbocycles. The quantitative estimate of drug-likeness (QED) is 0.568. The second kappa shape index (κ2) is 6.78. The van der Waals surface area contributed by atoms with Gasteiger partial charge in [0.2, 0.25) is 5.75 Å². The van der Waals surface area contributed by atoms with E-state index in [-0.39, 0.29) is 23.1 Å². The Balaban J connectivity index is 2.26. The first kappa shape index (κ1) is 15.6. The fraction of sp³-hybridized carbons (Fsp3) is 0.143. The maximum atomic E-state index is 11.0. The Hall–Kier alpha value is -1.79. The number of halogens is 2. The molecule has 7 heteroatoms. The molecule has 0 saturated heterocycles. The molecule has 110 valence electrons. The molecule has 0 radical (unpaired) electrons. The minimum absolute atomic E-state index is 0.0545. The fourth-order valence-corrected chi connectivity index (χ4v) is 2.31. The van der Waals surface area contributed by atoms with E-state index in [0.717, 1.165) is 10.0 Å². The molecule has 2 aromatic rings. The summed E-state index contributed by atoms with van der Waals surface area (Å²) in [5.41, 5.74) is 0.630. The molecule has 0 spiro atoms. The van der Waals surface area contributed by atoms with Crippen LogP contribution in [0.3, 0.4) is 0 Å². The van der Waals surface area contributed by atoms with Crippen molar-refractivity contribution in [3.05, 3.63) is 61.6 Å². The van der Waals surface area contributed by atoms with E-state index >= 15 is 0 Å². The van der Waals surface area contributed by atoms with Crippen molar-refractivity contribution in [1.82, 2.24) is 0 Å². The van der Waals surface area contributed by atoms with Gasteiger partial charge in [0.25, 0.3) is 0 Å². The van der Waals surface area contributed by atoms with Gasteiger partial charge in [0.15, 0.2) is 0 Å². The van der Waals surface area contributed by atoms with Crippen molar-refractivity contribution in [2.75, 3.05) is 7.11 Å². The highest BCUT2D eigenvalue weighted by molar-refractivity contribution is 9.10. The summed E-state index contributed by atoms with van der Waals surface area (Å²) in [5.74, 6) is 0.726. The van der Waals surface area contributed by atoms with Gasteiger partial charge in [-0.3, -0.25) is 10.1 Å². The first-order valence-electron chi connectivity index (χ1n) is 5.91. The number of ether oxygens (including phenoxy) is 2. The summed E-state index contributed by atoms with van der Waals surface area (Å²) in [6.07, 6.45) is 0. The van der Waals surface area contributed by atoms with Gasteiger partial charge in [-0.25, -0.2) is 0 Å². The predicted molar refractivity (Wildman–Crippen MR) is 83.1 cm³/mol. The molecule has 0 amide bonds. The zero-order valence-corrected chi connectivity index (χ0v) is 13.3. The molecule has 0 heterocycles. The van der Waals surface area contributed by atoms with Crippen LogP contribution in [0, 0.1) is 10.1 Å². The zero-order chi connectivity index (χ0) is 15.4. The van der Waals surface area contributed by atoms with Gasteiger partial charge in [-0.05, 0) is 24.3 Å². The van der Waals surface area contributed by atoms with Gasteiger partial charge in [0, 0.05) is 16.1 Å². The third kappa shape index (κ3) is 3.65. The molecule has 0 saturated carbocycles. The molecule has 0 aromatic heterocycles. The van der Waals surface area contributed by atoms with Crippen molar-refractivity contribution in [3.8, 4) is 11.5 Å². The first-order chi connectivity index (χ1) is 10.0. The topological polar surface area (TPSA) is 61.6 Å². The minimum Gasteiger partial charge on any atom is -0.497 e. The van der Waals surface area contributed by atoms with Crippen LogP contribution in [0.4, 0.5) is 5.69 Å². The molecule has 5 nitrogen and oxygen atoms in total. The van der Waals surface area contributed by atoms with Crippen molar-refractivity contribution >= 4 is 33.2 Å². The summed E-state index contributed by atoms with van der Waals surface area (Å²) in [6.45, 7) is 0.127. The van der Waals surface area contributed by atoms with Gasteiger partial charge >= 0.3 is 5.69 Å². The van der Waals surface area contributed by atoms with Crippen LogP contribution in [0.2, 0.25) is 5.02 Å². The molecule has 0 aliphatic rings. The lowest BCUT2D eigenvalue weighted by molar-refractivity contribution is -0.385. The molecule has 0 bridgehead atoms. The number of benzene rings is 2. The molecule has 2 rings (SSSR count). The Labute approximate surface area is 134 Å². The van der Waals surface area contributed by atoms with Gasteiger partial charge in [-0.1, -0.05) is 33.6 Å². The predicted octanol–water partition coefficient (Wildman–Crippen LogP) is 4.60. The van der Waals surface area contributed by atoms with Crippen LogP contribution >= 0.6 is 27.5 Å². The van der Waals surface area contributed by atoms with Crippen LogP contribution in [0.5, 0.6) is 11.5 Å². The summed E-state index contributed by atoms with van der Waals surface area (Å²) in [4.78, 5) is 10.5. The number of hydrogen-bond acceptors (Lipinski definition) is 4. The molecule has 0 atom stereocenters. The second-order valence-corrected chi connectivity index (χ2v) is 5.35. The number of nitro groups is 1. The summed E-state index contributed by atoms with van der Waals surface area (Å²) >= 11 is 9.37. The van der Waals surface area contributed by atoms with Gasteiger partial charge in [-0.2, -0.15) is 0 Å². The SMILES string of the molecule is COc1ccc(Br)c(COc2c(Cl)cccc2[N+](=O)[O-])c1. The zero-order valence-electron chi connectivity index (χ0n) is 11.0. The summed E-state index contributed by atoms with van der Waals surface area (Å²) in [6, 6.07) is 9.80. The minimum atomic E-state index is -0.526. The summed E-state index contributed by atoms with van der Waals surface area (Å²) in [7, 11) is 1.56. The van der Waals surface area contributed by atoms with Crippen LogP contribution in [0.15, 0.2) is 40.9 Å². The van der Waals surface area contributed by atoms with Crippen molar-refractivity contribution in [1.29, 1.82) is 0 Å². The van der Waals surface area contributed by atoms with Crippen molar-refractivity contribution in [2.45, 2.75) is 6.61 Å². The molecule has 0 N–H and O–H groups in total. The number of para-hydroxylation sites is 1. The molecule has 0 aliphatic heterocycles. The Morgan fingerprint density at radius 1 is 1.33 bits per heavy atom. The molecule has 0 unspecified atom stereocenters. The van der Waals surface area contributed by atoms with Crippen molar-refractivity contribution in [3.63, 3.8) is 0 Å². The van der Waals surface area contributed by atoms with Crippen LogP contribution < -0.4 is 9.47 Å². The normalized spacial score (nSPS) is 10.2. The second-order valence-electron chi connectivity index (χ2n) is 4.09. The van der Waals surface area contributed by atoms with Crippen molar-refractivity contribution < 1.29 is 14.4 Å². The highest BCUT2D eigenvalue weighted by Gasteiger charge is 2.18. The van der Waals surface area contributed by atoms with Crippen LogP contribution in [0.25, 0.3) is 0 Å². The molecule has 0 aliphatic carbocycles. The van der Waals surface area contributed by atoms with E-state index in [9.17, 15) is 10.1 Å². The van der Waals surface area contributed by atoms with Gasteiger partial charge in [0.1, 0.15) is 12.4 Å². The molecular formula is C14H11BrClNO4. The highest BCUT2D eigenvalue weighted by Crippen LogP contribution is 2.35. The monoisotopic (exact) mass is 371 g/mol. The molecule has 0 fully saturated rings.